The van der Waals surface area contributed by atoms with Crippen molar-refractivity contribution in [3.05, 3.63) is 0 Å². The van der Waals surface area contributed by atoms with E-state index in [0.29, 0.717) is 0 Å². The average molecular weight is 225 g/mol. The van der Waals surface area contributed by atoms with Gasteiger partial charge in [-0.1, -0.05) is 6.92 Å². The molecule has 3 heteroatoms. The summed E-state index contributed by atoms with van der Waals surface area (Å²) in [5.41, 5.74) is 0. The van der Waals surface area contributed by atoms with Crippen LogP contribution in [-0.4, -0.2) is 74.1 Å². The van der Waals surface area contributed by atoms with Crippen molar-refractivity contribution in [3.63, 3.8) is 0 Å². The average Bonchev–Trinajstić information content (AvgIpc) is 2.73. The molecule has 0 saturated carbocycles. The fourth-order valence-corrected chi connectivity index (χ4v) is 2.96. The Morgan fingerprint density at radius 2 is 1.69 bits per heavy atom. The van der Waals surface area contributed by atoms with Gasteiger partial charge in [0.1, 0.15) is 0 Å². The van der Waals surface area contributed by atoms with Crippen LogP contribution in [0.5, 0.6) is 0 Å². The Morgan fingerprint density at radius 3 is 2.25 bits per heavy atom. The third-order valence-corrected chi connectivity index (χ3v) is 4.25. The standard InChI is InChI=1S/C13H27N3/c1-3-15-8-10-16(11-9-15)7-5-13-4-6-14(2)12-13/h13H,3-12H2,1-2H3. The second-order valence-electron chi connectivity index (χ2n) is 5.48. The highest BCUT2D eigenvalue weighted by Crippen LogP contribution is 2.18. The highest BCUT2D eigenvalue weighted by molar-refractivity contribution is 4.76. The van der Waals surface area contributed by atoms with Crippen molar-refractivity contribution in [2.24, 2.45) is 5.92 Å². The minimum Gasteiger partial charge on any atom is -0.306 e. The highest BCUT2D eigenvalue weighted by Gasteiger charge is 2.21. The van der Waals surface area contributed by atoms with Gasteiger partial charge in [0.15, 0.2) is 0 Å². The lowest BCUT2D eigenvalue weighted by atomic mass is 10.0. The summed E-state index contributed by atoms with van der Waals surface area (Å²) in [5.74, 6) is 0.967. The highest BCUT2D eigenvalue weighted by atomic mass is 15.3. The Labute approximate surface area is 100 Å². The molecule has 0 N–H and O–H groups in total. The molecular weight excluding hydrogens is 198 g/mol. The van der Waals surface area contributed by atoms with E-state index in [-0.39, 0.29) is 0 Å². The second-order valence-corrected chi connectivity index (χ2v) is 5.48. The maximum atomic E-state index is 2.66. The number of hydrogen-bond acceptors (Lipinski definition) is 3. The van der Waals surface area contributed by atoms with Crippen LogP contribution in [-0.2, 0) is 0 Å². The first kappa shape index (κ1) is 12.3. The Bertz CT molecular complexity index is 199. The van der Waals surface area contributed by atoms with Crippen LogP contribution in [0, 0.1) is 5.92 Å². The van der Waals surface area contributed by atoms with Crippen LogP contribution in [0.4, 0.5) is 0 Å². The lowest BCUT2D eigenvalue weighted by molar-refractivity contribution is 0.131. The van der Waals surface area contributed by atoms with Crippen LogP contribution in [0.3, 0.4) is 0 Å². The first-order valence-corrected chi connectivity index (χ1v) is 6.91. The predicted octanol–water partition coefficient (Wildman–Crippen LogP) is 0.966. The first-order valence-electron chi connectivity index (χ1n) is 6.91. The summed E-state index contributed by atoms with van der Waals surface area (Å²) in [5, 5.41) is 0. The van der Waals surface area contributed by atoms with Crippen molar-refractivity contribution in [1.82, 2.24) is 14.7 Å². The quantitative estimate of drug-likeness (QED) is 0.706. The molecule has 0 radical (unpaired) electrons. The molecule has 0 aliphatic carbocycles. The minimum atomic E-state index is 0.967. The molecule has 2 heterocycles. The molecule has 0 aromatic rings. The van der Waals surface area contributed by atoms with E-state index in [1.807, 2.05) is 0 Å². The van der Waals surface area contributed by atoms with Crippen LogP contribution >= 0.6 is 0 Å². The van der Waals surface area contributed by atoms with Crippen LogP contribution in [0.1, 0.15) is 19.8 Å². The maximum Gasteiger partial charge on any atom is 0.0110 e. The van der Waals surface area contributed by atoms with Gasteiger partial charge in [0.2, 0.25) is 0 Å². The van der Waals surface area contributed by atoms with E-state index in [9.17, 15) is 0 Å². The second kappa shape index (κ2) is 5.99. The largest absolute Gasteiger partial charge is 0.306 e. The van der Waals surface area contributed by atoms with Gasteiger partial charge in [-0.2, -0.15) is 0 Å². The van der Waals surface area contributed by atoms with Crippen molar-refractivity contribution in [1.29, 1.82) is 0 Å². The van der Waals surface area contributed by atoms with Gasteiger partial charge in [-0.25, -0.2) is 0 Å². The number of rotatable bonds is 4. The number of nitrogens with zero attached hydrogens (tertiary/aromatic N) is 3. The van der Waals surface area contributed by atoms with E-state index in [2.05, 4.69) is 28.7 Å². The molecule has 0 amide bonds. The van der Waals surface area contributed by atoms with Crippen molar-refractivity contribution in [2.45, 2.75) is 19.8 Å². The van der Waals surface area contributed by atoms with Gasteiger partial charge in [-0.3, -0.25) is 0 Å². The number of likely N-dealkylation sites (tertiary alicyclic amines) is 1. The van der Waals surface area contributed by atoms with E-state index in [1.165, 1.54) is 65.2 Å². The van der Waals surface area contributed by atoms with E-state index in [1.54, 1.807) is 0 Å². The fraction of sp³-hybridized carbons (Fsp3) is 1.00. The molecule has 2 fully saturated rings. The van der Waals surface area contributed by atoms with Crippen molar-refractivity contribution in [2.75, 3.05) is 59.4 Å². The van der Waals surface area contributed by atoms with Crippen LogP contribution < -0.4 is 0 Å². The third-order valence-electron chi connectivity index (χ3n) is 4.25. The molecule has 3 nitrogen and oxygen atoms in total. The monoisotopic (exact) mass is 225 g/mol. The van der Waals surface area contributed by atoms with Gasteiger partial charge in [0.25, 0.3) is 0 Å². The molecule has 94 valence electrons. The number of likely N-dealkylation sites (N-methyl/N-ethyl adjacent to an activating group) is 1. The molecule has 0 aromatic heterocycles. The number of hydrogen-bond donors (Lipinski definition) is 0. The van der Waals surface area contributed by atoms with E-state index in [4.69, 9.17) is 0 Å². The molecule has 0 spiro atoms. The molecular formula is C13H27N3. The molecule has 0 bridgehead atoms. The van der Waals surface area contributed by atoms with E-state index < -0.39 is 0 Å². The first-order chi connectivity index (χ1) is 7.78. The van der Waals surface area contributed by atoms with Gasteiger partial charge < -0.3 is 14.7 Å². The Balaban J connectivity index is 1.60. The normalized spacial score (nSPS) is 30.0. The summed E-state index contributed by atoms with van der Waals surface area (Å²) in [7, 11) is 2.25. The third kappa shape index (κ3) is 3.44. The molecule has 1 atom stereocenters. The minimum absolute atomic E-state index is 0.967. The van der Waals surface area contributed by atoms with E-state index >= 15 is 0 Å². The van der Waals surface area contributed by atoms with Gasteiger partial charge in [-0.05, 0) is 45.4 Å². The molecule has 2 rings (SSSR count). The lowest BCUT2D eigenvalue weighted by Gasteiger charge is -2.34. The molecule has 16 heavy (non-hydrogen) atoms. The van der Waals surface area contributed by atoms with Crippen molar-refractivity contribution in [3.8, 4) is 0 Å². The van der Waals surface area contributed by atoms with E-state index in [0.717, 1.165) is 5.92 Å². The summed E-state index contributed by atoms with van der Waals surface area (Å²) in [4.78, 5) is 7.68. The maximum absolute atomic E-state index is 2.66. The van der Waals surface area contributed by atoms with Gasteiger partial charge in [0.05, 0.1) is 0 Å². The summed E-state index contributed by atoms with van der Waals surface area (Å²) < 4.78 is 0. The zero-order valence-corrected chi connectivity index (χ0v) is 11.0. The van der Waals surface area contributed by atoms with Crippen molar-refractivity contribution < 1.29 is 0 Å². The molecule has 2 aliphatic heterocycles. The zero-order chi connectivity index (χ0) is 11.4. The molecule has 2 aliphatic rings. The fourth-order valence-electron chi connectivity index (χ4n) is 2.96. The van der Waals surface area contributed by atoms with Crippen LogP contribution in [0.15, 0.2) is 0 Å². The van der Waals surface area contributed by atoms with Crippen LogP contribution in [0.25, 0.3) is 0 Å². The Hall–Kier alpha value is -0.120. The molecule has 0 aromatic carbocycles. The summed E-state index contributed by atoms with van der Waals surface area (Å²) in [6.07, 6.45) is 2.84. The molecule has 2 saturated heterocycles. The topological polar surface area (TPSA) is 9.72 Å². The summed E-state index contributed by atoms with van der Waals surface area (Å²) >= 11 is 0. The lowest BCUT2D eigenvalue weighted by Crippen LogP contribution is -2.46. The van der Waals surface area contributed by atoms with Crippen LogP contribution in [0.2, 0.25) is 0 Å². The van der Waals surface area contributed by atoms with Crippen molar-refractivity contribution >= 4 is 0 Å². The van der Waals surface area contributed by atoms with Gasteiger partial charge in [0, 0.05) is 32.7 Å². The smallest absolute Gasteiger partial charge is 0.0110 e. The molecule has 1 unspecified atom stereocenters. The van der Waals surface area contributed by atoms with Gasteiger partial charge >= 0.3 is 0 Å². The summed E-state index contributed by atoms with van der Waals surface area (Å²) in [6, 6.07) is 0. The Morgan fingerprint density at radius 1 is 1.00 bits per heavy atom. The predicted molar refractivity (Wildman–Crippen MR) is 68.8 cm³/mol. The van der Waals surface area contributed by atoms with Gasteiger partial charge in [-0.15, -0.1) is 0 Å². The number of piperazine rings is 1. The summed E-state index contributed by atoms with van der Waals surface area (Å²) in [6.45, 7) is 12.6. The SMILES string of the molecule is CCN1CCN(CCC2CCN(C)C2)CC1. The Kier molecular flexibility index (Phi) is 4.62. The zero-order valence-electron chi connectivity index (χ0n) is 11.0.